The Hall–Kier alpha value is -3.02. The molecule has 4 unspecified atom stereocenters. The molecule has 0 fully saturated rings. The molecule has 0 aromatic heterocycles. The van der Waals surface area contributed by atoms with Gasteiger partial charge in [-0.25, -0.2) is 9.59 Å². The van der Waals surface area contributed by atoms with Crippen LogP contribution in [-0.2, 0) is 16.0 Å². The number of β-amino-alcohol motifs (C(OH)–C–C–N with tert-alkyl or cyclic N) is 1. The highest BCUT2D eigenvalue weighted by molar-refractivity contribution is 5.83. The Kier molecular flexibility index (Phi) is 13.1. The van der Waals surface area contributed by atoms with Crippen LogP contribution in [-0.4, -0.2) is 79.6 Å². The first-order valence-electron chi connectivity index (χ1n) is 11.5. The van der Waals surface area contributed by atoms with E-state index in [1.807, 2.05) is 42.5 Å². The first-order valence-corrected chi connectivity index (χ1v) is 11.5. The average Bonchev–Trinajstić information content (AvgIpc) is 2.84. The zero-order chi connectivity index (χ0) is 27.3. The first kappa shape index (κ1) is 31.0. The molecule has 4 atom stereocenters. The molecular formula is C26H37NO9. The molecule has 0 aliphatic heterocycles. The fraction of sp³-hybridized carbons (Fsp3) is 0.462. The number of aryl methyl sites for hydroxylation is 1. The summed E-state index contributed by atoms with van der Waals surface area (Å²) in [5, 5.41) is 56.5. The lowest BCUT2D eigenvalue weighted by Gasteiger charge is -2.23. The summed E-state index contributed by atoms with van der Waals surface area (Å²) < 4.78 is 5.79. The number of carbonyl (C=O) groups is 2. The van der Waals surface area contributed by atoms with Crippen molar-refractivity contribution in [3.8, 4) is 5.75 Å². The molecule has 200 valence electrons. The summed E-state index contributed by atoms with van der Waals surface area (Å²) >= 11 is 0. The third-order valence-electron chi connectivity index (χ3n) is 4.93. The van der Waals surface area contributed by atoms with E-state index in [-0.39, 0.29) is 12.1 Å². The molecule has 0 saturated heterocycles. The van der Waals surface area contributed by atoms with E-state index >= 15 is 0 Å². The lowest BCUT2D eigenvalue weighted by atomic mass is 10.0. The molecule has 2 aromatic carbocycles. The molecule has 0 aliphatic carbocycles. The van der Waals surface area contributed by atoms with Gasteiger partial charge in [0.15, 0.2) is 12.2 Å². The van der Waals surface area contributed by atoms with Crippen molar-refractivity contribution in [2.75, 3.05) is 13.2 Å². The zero-order valence-electron chi connectivity index (χ0n) is 20.7. The van der Waals surface area contributed by atoms with E-state index in [2.05, 4.69) is 38.2 Å². The Labute approximate surface area is 210 Å². The summed E-state index contributed by atoms with van der Waals surface area (Å²) in [7, 11) is 0. The Bertz CT molecular complexity index is 913. The monoisotopic (exact) mass is 507 g/mol. The Morgan fingerprint density at radius 1 is 0.861 bits per heavy atom. The van der Waals surface area contributed by atoms with Crippen molar-refractivity contribution >= 4 is 11.9 Å². The number of carboxylic acid groups (broad SMARTS) is 2. The van der Waals surface area contributed by atoms with Gasteiger partial charge in [-0.3, -0.25) is 0 Å². The highest BCUT2D eigenvalue weighted by Crippen LogP contribution is 2.28. The summed E-state index contributed by atoms with van der Waals surface area (Å²) in [5.41, 5.74) is 1.92. The molecule has 2 rings (SSSR count). The second kappa shape index (κ2) is 15.2. The van der Waals surface area contributed by atoms with Crippen molar-refractivity contribution in [3.05, 3.63) is 65.7 Å². The third-order valence-corrected chi connectivity index (χ3v) is 4.93. The minimum Gasteiger partial charge on any atom is -0.490 e. The van der Waals surface area contributed by atoms with Crippen LogP contribution < -0.4 is 10.1 Å². The lowest BCUT2D eigenvalue weighted by Crippen LogP contribution is -2.42. The predicted octanol–water partition coefficient (Wildman–Crippen LogP) is 1.36. The van der Waals surface area contributed by atoms with E-state index in [9.17, 15) is 19.8 Å². The molecule has 10 nitrogen and oxygen atoms in total. The molecule has 0 saturated carbocycles. The predicted molar refractivity (Wildman–Crippen MR) is 133 cm³/mol. The van der Waals surface area contributed by atoms with E-state index in [0.29, 0.717) is 18.7 Å². The SMILES string of the molecule is CC(C)(C)NCC(O)COc1ccccc1C(O)CCc1ccccc1.O=C(O)C(O)C(O)C(=O)O. The fourth-order valence-electron chi connectivity index (χ4n) is 2.93. The number of benzene rings is 2. The van der Waals surface area contributed by atoms with Crippen molar-refractivity contribution in [2.24, 2.45) is 0 Å². The number of aliphatic carboxylic acids is 2. The van der Waals surface area contributed by atoms with Gasteiger partial charge in [-0.15, -0.1) is 0 Å². The summed E-state index contributed by atoms with van der Waals surface area (Å²) in [6.07, 6.45) is -4.32. The Morgan fingerprint density at radius 2 is 1.39 bits per heavy atom. The van der Waals surface area contributed by atoms with Crippen LogP contribution in [0, 0.1) is 0 Å². The van der Waals surface area contributed by atoms with Gasteiger partial charge in [0, 0.05) is 17.6 Å². The number of rotatable bonds is 12. The fourth-order valence-corrected chi connectivity index (χ4v) is 2.93. The van der Waals surface area contributed by atoms with Crippen LogP contribution in [0.25, 0.3) is 0 Å². The number of ether oxygens (including phenoxy) is 1. The largest absolute Gasteiger partial charge is 0.490 e. The third kappa shape index (κ3) is 12.1. The Balaban J connectivity index is 0.000000548. The van der Waals surface area contributed by atoms with E-state index in [1.165, 1.54) is 5.56 Å². The van der Waals surface area contributed by atoms with Crippen LogP contribution >= 0.6 is 0 Å². The summed E-state index contributed by atoms with van der Waals surface area (Å²) in [6.45, 7) is 6.81. The minimum absolute atomic E-state index is 0.0491. The standard InChI is InChI=1S/C22H31NO3.C4H6O6/c1-22(2,3)23-15-18(24)16-26-21-12-8-7-11-19(21)20(25)14-13-17-9-5-4-6-10-17;5-1(3(7)8)2(6)4(9)10/h4-12,18,20,23-25H,13-16H2,1-3H3;1-2,5-6H,(H,7,8)(H,9,10). The van der Waals surface area contributed by atoms with Gasteiger partial charge in [-0.05, 0) is 45.2 Å². The summed E-state index contributed by atoms with van der Waals surface area (Å²) in [5.74, 6) is -2.91. The number of aliphatic hydroxyl groups is 4. The maximum Gasteiger partial charge on any atom is 0.335 e. The summed E-state index contributed by atoms with van der Waals surface area (Å²) in [4.78, 5) is 19.5. The molecule has 0 radical (unpaired) electrons. The maximum atomic E-state index is 10.6. The molecule has 0 spiro atoms. The van der Waals surface area contributed by atoms with Crippen molar-refractivity contribution in [3.63, 3.8) is 0 Å². The number of para-hydroxylation sites is 1. The Morgan fingerprint density at radius 3 is 1.92 bits per heavy atom. The number of nitrogens with one attached hydrogen (secondary N) is 1. The summed E-state index contributed by atoms with van der Waals surface area (Å²) in [6, 6.07) is 17.6. The molecule has 0 amide bonds. The van der Waals surface area contributed by atoms with Crippen LogP contribution in [0.4, 0.5) is 0 Å². The van der Waals surface area contributed by atoms with Gasteiger partial charge in [0.1, 0.15) is 18.5 Å². The molecule has 36 heavy (non-hydrogen) atoms. The normalized spacial score (nSPS) is 14.5. The average molecular weight is 508 g/mol. The first-order chi connectivity index (χ1) is 16.8. The van der Waals surface area contributed by atoms with E-state index in [1.54, 1.807) is 0 Å². The van der Waals surface area contributed by atoms with Crippen LogP contribution in [0.3, 0.4) is 0 Å². The molecular weight excluding hydrogens is 470 g/mol. The topological polar surface area (TPSA) is 177 Å². The van der Waals surface area contributed by atoms with Crippen molar-refractivity contribution < 1.29 is 45.0 Å². The van der Waals surface area contributed by atoms with Crippen LogP contribution in [0.5, 0.6) is 5.75 Å². The second-order valence-electron chi connectivity index (χ2n) is 9.24. The van der Waals surface area contributed by atoms with Gasteiger partial charge < -0.3 is 40.7 Å². The molecule has 0 bridgehead atoms. The zero-order valence-corrected chi connectivity index (χ0v) is 20.7. The number of hydrogen-bond donors (Lipinski definition) is 7. The van der Waals surface area contributed by atoms with E-state index in [0.717, 1.165) is 12.0 Å². The highest BCUT2D eigenvalue weighted by Gasteiger charge is 2.29. The maximum absolute atomic E-state index is 10.6. The second-order valence-corrected chi connectivity index (χ2v) is 9.24. The quantitative estimate of drug-likeness (QED) is 0.222. The molecule has 7 N–H and O–H groups in total. The molecule has 0 heterocycles. The van der Waals surface area contributed by atoms with Gasteiger partial charge in [0.25, 0.3) is 0 Å². The van der Waals surface area contributed by atoms with Crippen LogP contribution in [0.1, 0.15) is 44.4 Å². The molecule has 2 aromatic rings. The number of aliphatic hydroxyl groups excluding tert-OH is 4. The van der Waals surface area contributed by atoms with Crippen LogP contribution in [0.15, 0.2) is 54.6 Å². The van der Waals surface area contributed by atoms with Gasteiger partial charge in [0.05, 0.1) is 6.10 Å². The van der Waals surface area contributed by atoms with E-state index < -0.39 is 36.4 Å². The lowest BCUT2D eigenvalue weighted by molar-refractivity contribution is -0.165. The highest BCUT2D eigenvalue weighted by atomic mass is 16.5. The van der Waals surface area contributed by atoms with Gasteiger partial charge in [-0.1, -0.05) is 48.5 Å². The minimum atomic E-state index is -2.27. The van der Waals surface area contributed by atoms with Gasteiger partial charge in [-0.2, -0.15) is 0 Å². The van der Waals surface area contributed by atoms with Crippen molar-refractivity contribution in [2.45, 2.75) is 63.6 Å². The van der Waals surface area contributed by atoms with Gasteiger partial charge in [0.2, 0.25) is 0 Å². The number of carboxylic acids is 2. The van der Waals surface area contributed by atoms with E-state index in [4.69, 9.17) is 25.2 Å². The molecule has 0 aliphatic rings. The molecule has 10 heteroatoms. The number of hydrogen-bond acceptors (Lipinski definition) is 8. The smallest absolute Gasteiger partial charge is 0.335 e. The van der Waals surface area contributed by atoms with Gasteiger partial charge >= 0.3 is 11.9 Å². The van der Waals surface area contributed by atoms with Crippen molar-refractivity contribution in [1.29, 1.82) is 0 Å². The van der Waals surface area contributed by atoms with Crippen molar-refractivity contribution in [1.82, 2.24) is 5.32 Å². The van der Waals surface area contributed by atoms with Crippen LogP contribution in [0.2, 0.25) is 0 Å².